The van der Waals surface area contributed by atoms with E-state index in [0.717, 1.165) is 17.5 Å². The fourth-order valence-corrected chi connectivity index (χ4v) is 2.94. The summed E-state index contributed by atoms with van der Waals surface area (Å²) in [6.45, 7) is 6.90. The van der Waals surface area contributed by atoms with Crippen molar-refractivity contribution in [3.63, 3.8) is 0 Å². The Balaban J connectivity index is 1.93. The van der Waals surface area contributed by atoms with Crippen molar-refractivity contribution < 1.29 is 19.0 Å². The monoisotopic (exact) mass is 399 g/mol. The first kappa shape index (κ1) is 20.0. The molecule has 28 heavy (non-hydrogen) atoms. The Morgan fingerprint density at radius 2 is 1.89 bits per heavy atom. The number of benzene rings is 2. The van der Waals surface area contributed by atoms with Crippen LogP contribution in [0.15, 0.2) is 47.1 Å². The molecule has 0 aliphatic carbocycles. The van der Waals surface area contributed by atoms with Gasteiger partial charge in [0.15, 0.2) is 17.2 Å². The fraction of sp³-hybridized carbons (Fsp3) is 0.273. The van der Waals surface area contributed by atoms with Crippen LogP contribution in [0, 0.1) is 6.92 Å². The van der Waals surface area contributed by atoms with Crippen LogP contribution in [-0.2, 0) is 9.53 Å². The minimum absolute atomic E-state index is 0.205. The lowest BCUT2D eigenvalue weighted by molar-refractivity contribution is -0.129. The number of hydrogen-bond donors (Lipinski definition) is 0. The van der Waals surface area contributed by atoms with Crippen LogP contribution in [0.1, 0.15) is 37.0 Å². The van der Waals surface area contributed by atoms with Crippen molar-refractivity contribution in [1.82, 2.24) is 0 Å². The Bertz CT molecular complexity index is 932. The van der Waals surface area contributed by atoms with E-state index in [0.29, 0.717) is 35.3 Å². The first-order valence-corrected chi connectivity index (χ1v) is 9.58. The average Bonchev–Trinajstić information content (AvgIpc) is 3.02. The highest BCUT2D eigenvalue weighted by Gasteiger charge is 2.24. The van der Waals surface area contributed by atoms with Crippen LogP contribution in [0.4, 0.5) is 0 Å². The molecule has 1 aliphatic rings. The van der Waals surface area contributed by atoms with Crippen LogP contribution in [0.25, 0.3) is 6.08 Å². The molecule has 0 fully saturated rings. The molecule has 6 heteroatoms. The number of halogens is 1. The molecule has 0 unspecified atom stereocenters. The van der Waals surface area contributed by atoms with Gasteiger partial charge in [-0.15, -0.1) is 0 Å². The Morgan fingerprint density at radius 3 is 2.57 bits per heavy atom. The van der Waals surface area contributed by atoms with Gasteiger partial charge in [0, 0.05) is 5.56 Å². The summed E-state index contributed by atoms with van der Waals surface area (Å²) in [6.07, 6.45) is 2.48. The van der Waals surface area contributed by atoms with E-state index in [2.05, 4.69) is 4.99 Å². The summed E-state index contributed by atoms with van der Waals surface area (Å²) in [5.41, 5.74) is 2.75. The molecule has 0 spiro atoms. The van der Waals surface area contributed by atoms with Gasteiger partial charge in [0.1, 0.15) is 0 Å². The van der Waals surface area contributed by atoms with Gasteiger partial charge in [-0.2, -0.15) is 0 Å². The highest BCUT2D eigenvalue weighted by molar-refractivity contribution is 6.32. The van der Waals surface area contributed by atoms with Gasteiger partial charge in [-0.25, -0.2) is 9.79 Å². The molecule has 0 bridgehead atoms. The molecule has 0 amide bonds. The van der Waals surface area contributed by atoms with E-state index in [1.54, 1.807) is 18.2 Å². The lowest BCUT2D eigenvalue weighted by Crippen LogP contribution is -2.05. The van der Waals surface area contributed by atoms with Crippen molar-refractivity contribution in [1.29, 1.82) is 0 Å². The van der Waals surface area contributed by atoms with Gasteiger partial charge in [0.05, 0.1) is 18.2 Å². The van der Waals surface area contributed by atoms with Gasteiger partial charge < -0.3 is 14.2 Å². The molecule has 3 rings (SSSR count). The van der Waals surface area contributed by atoms with Crippen LogP contribution < -0.4 is 9.47 Å². The maximum absolute atomic E-state index is 12.2. The molecular weight excluding hydrogens is 378 g/mol. The maximum atomic E-state index is 12.2. The van der Waals surface area contributed by atoms with E-state index in [9.17, 15) is 4.79 Å². The number of ether oxygens (including phenoxy) is 3. The van der Waals surface area contributed by atoms with Crippen molar-refractivity contribution in [3.05, 3.63) is 63.8 Å². The smallest absolute Gasteiger partial charge is 0.363 e. The Labute approximate surface area is 169 Å². The van der Waals surface area contributed by atoms with Gasteiger partial charge in [-0.05, 0) is 56.2 Å². The molecule has 0 aromatic heterocycles. The van der Waals surface area contributed by atoms with E-state index in [4.69, 9.17) is 25.8 Å². The Kier molecular flexibility index (Phi) is 6.37. The number of carbonyl (C=O) groups excluding carboxylic acids is 1. The SMILES string of the molecule is CCCOc1c(Cl)cc(C=C2N=C(c3ccc(C)cc3)OC2=O)cc1OCC. The highest BCUT2D eigenvalue weighted by atomic mass is 35.5. The van der Waals surface area contributed by atoms with Gasteiger partial charge in [-0.3, -0.25) is 0 Å². The molecule has 1 heterocycles. The summed E-state index contributed by atoms with van der Waals surface area (Å²) >= 11 is 6.38. The molecular formula is C22H22ClNO4. The lowest BCUT2D eigenvalue weighted by atomic mass is 10.1. The van der Waals surface area contributed by atoms with Crippen LogP contribution in [-0.4, -0.2) is 25.1 Å². The average molecular weight is 400 g/mol. The summed E-state index contributed by atoms with van der Waals surface area (Å²) in [5, 5.41) is 0.417. The molecule has 1 aliphatic heterocycles. The Hall–Kier alpha value is -2.79. The van der Waals surface area contributed by atoms with Gasteiger partial charge in [0.25, 0.3) is 0 Å². The second kappa shape index (κ2) is 8.93. The van der Waals surface area contributed by atoms with Crippen molar-refractivity contribution in [2.75, 3.05) is 13.2 Å². The second-order valence-corrected chi connectivity index (χ2v) is 6.72. The number of esters is 1. The van der Waals surface area contributed by atoms with Gasteiger partial charge in [0.2, 0.25) is 5.90 Å². The van der Waals surface area contributed by atoms with Crippen LogP contribution in [0.2, 0.25) is 5.02 Å². The summed E-state index contributed by atoms with van der Waals surface area (Å²) in [5.74, 6) is 0.820. The number of aliphatic imine (C=N–C) groups is 1. The quantitative estimate of drug-likeness (QED) is 0.475. The molecule has 5 nitrogen and oxygen atoms in total. The van der Waals surface area contributed by atoms with E-state index >= 15 is 0 Å². The topological polar surface area (TPSA) is 57.1 Å². The van der Waals surface area contributed by atoms with Crippen molar-refractivity contribution >= 4 is 29.5 Å². The molecule has 0 atom stereocenters. The molecule has 0 radical (unpaired) electrons. The molecule has 0 saturated heterocycles. The summed E-state index contributed by atoms with van der Waals surface area (Å²) in [6, 6.07) is 11.1. The molecule has 0 N–H and O–H groups in total. The van der Waals surface area contributed by atoms with E-state index in [1.165, 1.54) is 0 Å². The van der Waals surface area contributed by atoms with Crippen molar-refractivity contribution in [2.24, 2.45) is 4.99 Å². The van der Waals surface area contributed by atoms with E-state index in [1.807, 2.05) is 45.0 Å². The number of nitrogens with zero attached hydrogens (tertiary/aromatic N) is 1. The zero-order chi connectivity index (χ0) is 20.1. The minimum atomic E-state index is -0.504. The lowest BCUT2D eigenvalue weighted by Gasteiger charge is -2.14. The predicted molar refractivity (Wildman–Crippen MR) is 110 cm³/mol. The molecule has 2 aromatic carbocycles. The third-order valence-corrected chi connectivity index (χ3v) is 4.29. The third kappa shape index (κ3) is 4.54. The summed E-state index contributed by atoms with van der Waals surface area (Å²) in [4.78, 5) is 16.6. The number of carbonyl (C=O) groups is 1. The fourth-order valence-electron chi connectivity index (χ4n) is 2.67. The Morgan fingerprint density at radius 1 is 1.14 bits per heavy atom. The van der Waals surface area contributed by atoms with E-state index < -0.39 is 5.97 Å². The number of cyclic esters (lactones) is 1. The van der Waals surface area contributed by atoms with Gasteiger partial charge >= 0.3 is 5.97 Å². The maximum Gasteiger partial charge on any atom is 0.363 e. The predicted octanol–water partition coefficient (Wildman–Crippen LogP) is 5.18. The summed E-state index contributed by atoms with van der Waals surface area (Å²) in [7, 11) is 0. The van der Waals surface area contributed by atoms with Crippen LogP contribution in [0.3, 0.4) is 0 Å². The number of hydrogen-bond acceptors (Lipinski definition) is 5. The van der Waals surface area contributed by atoms with Crippen molar-refractivity contribution in [3.8, 4) is 11.5 Å². The van der Waals surface area contributed by atoms with Crippen LogP contribution in [0.5, 0.6) is 11.5 Å². The molecule has 146 valence electrons. The van der Waals surface area contributed by atoms with Gasteiger partial charge in [-0.1, -0.05) is 36.2 Å². The normalized spacial score (nSPS) is 14.8. The summed E-state index contributed by atoms with van der Waals surface area (Å²) < 4.78 is 16.7. The molecule has 0 saturated carbocycles. The van der Waals surface area contributed by atoms with Crippen molar-refractivity contribution in [2.45, 2.75) is 27.2 Å². The highest BCUT2D eigenvalue weighted by Crippen LogP contribution is 2.37. The zero-order valence-electron chi connectivity index (χ0n) is 16.1. The second-order valence-electron chi connectivity index (χ2n) is 6.31. The first-order valence-electron chi connectivity index (χ1n) is 9.20. The largest absolute Gasteiger partial charge is 0.490 e. The first-order chi connectivity index (χ1) is 13.5. The standard InChI is InChI=1S/C22H22ClNO4/c1-4-10-27-20-17(23)11-15(13-19(20)26-5-2)12-18-22(25)28-21(24-18)16-8-6-14(3)7-9-16/h6-9,11-13H,4-5,10H2,1-3H3. The number of rotatable bonds is 7. The minimum Gasteiger partial charge on any atom is -0.490 e. The number of aryl methyl sites for hydroxylation is 1. The molecule has 2 aromatic rings. The third-order valence-electron chi connectivity index (χ3n) is 4.00. The zero-order valence-corrected chi connectivity index (χ0v) is 16.9. The van der Waals surface area contributed by atoms with E-state index in [-0.39, 0.29) is 11.6 Å². The van der Waals surface area contributed by atoms with Crippen LogP contribution >= 0.6 is 11.6 Å².